The van der Waals surface area contributed by atoms with Crippen LogP contribution in [0.25, 0.3) is 0 Å². The molecule has 0 bridgehead atoms. The van der Waals surface area contributed by atoms with Crippen LogP contribution < -0.4 is 0 Å². The van der Waals surface area contributed by atoms with Crippen molar-refractivity contribution in [2.45, 2.75) is 25.9 Å². The Morgan fingerprint density at radius 1 is 1.62 bits per heavy atom. The van der Waals surface area contributed by atoms with Gasteiger partial charge in [-0.3, -0.25) is 9.69 Å². The molecular formula is C9H18N2O2. The maximum absolute atomic E-state index is 11.7. The van der Waals surface area contributed by atoms with Gasteiger partial charge in [0.2, 0.25) is 5.91 Å². The lowest BCUT2D eigenvalue weighted by Gasteiger charge is -2.41. The zero-order chi connectivity index (χ0) is 10.0. The van der Waals surface area contributed by atoms with Gasteiger partial charge in [0, 0.05) is 19.6 Å². The van der Waals surface area contributed by atoms with Crippen LogP contribution in [0, 0.1) is 0 Å². The molecule has 0 aromatic heterocycles. The fraction of sp³-hybridized carbons (Fsp3) is 0.889. The number of carbonyl (C=O) groups is 1. The summed E-state index contributed by atoms with van der Waals surface area (Å²) in [4.78, 5) is 15.4. The third-order valence-electron chi connectivity index (χ3n) is 2.81. The number of aliphatic hydroxyl groups excluding tert-OH is 1. The normalized spacial score (nSPS) is 31.1. The monoisotopic (exact) mass is 186 g/mol. The molecule has 0 saturated carbocycles. The molecule has 1 fully saturated rings. The van der Waals surface area contributed by atoms with Crippen molar-refractivity contribution in [3.05, 3.63) is 0 Å². The molecule has 1 amide bonds. The van der Waals surface area contributed by atoms with Gasteiger partial charge in [0.1, 0.15) is 6.04 Å². The van der Waals surface area contributed by atoms with Crippen LogP contribution in [-0.4, -0.2) is 59.6 Å². The number of piperazine rings is 1. The van der Waals surface area contributed by atoms with Crippen molar-refractivity contribution in [3.63, 3.8) is 0 Å². The number of rotatable bonds is 2. The van der Waals surface area contributed by atoms with Crippen LogP contribution in [0.4, 0.5) is 0 Å². The third-order valence-corrected chi connectivity index (χ3v) is 2.81. The Morgan fingerprint density at radius 3 is 2.69 bits per heavy atom. The number of carbonyl (C=O) groups excluding carboxylic acids is 1. The highest BCUT2D eigenvalue weighted by Crippen LogP contribution is 2.14. The summed E-state index contributed by atoms with van der Waals surface area (Å²) in [7, 11) is 1.79. The summed E-state index contributed by atoms with van der Waals surface area (Å²) in [6, 6.07) is -0.0820. The largest absolute Gasteiger partial charge is 0.394 e. The molecule has 4 nitrogen and oxygen atoms in total. The topological polar surface area (TPSA) is 43.8 Å². The molecule has 0 aromatic rings. The summed E-state index contributed by atoms with van der Waals surface area (Å²) in [6.07, 6.45) is 0. The molecule has 2 atom stereocenters. The first-order valence-corrected chi connectivity index (χ1v) is 4.73. The second-order valence-electron chi connectivity index (χ2n) is 3.58. The van der Waals surface area contributed by atoms with E-state index >= 15 is 0 Å². The first kappa shape index (κ1) is 10.5. The summed E-state index contributed by atoms with van der Waals surface area (Å²) in [6.45, 7) is 5.62. The van der Waals surface area contributed by atoms with E-state index in [9.17, 15) is 4.79 Å². The Hall–Kier alpha value is -0.610. The van der Waals surface area contributed by atoms with Gasteiger partial charge >= 0.3 is 0 Å². The summed E-state index contributed by atoms with van der Waals surface area (Å²) in [5, 5.41) is 9.08. The van der Waals surface area contributed by atoms with Crippen LogP contribution in [0.2, 0.25) is 0 Å². The van der Waals surface area contributed by atoms with Gasteiger partial charge in [0.05, 0.1) is 6.61 Å². The SMILES string of the molecule is CCN1CC(C)N(C)C(=O)C1CO. The maximum Gasteiger partial charge on any atom is 0.242 e. The minimum Gasteiger partial charge on any atom is -0.394 e. The second kappa shape index (κ2) is 4.07. The number of aliphatic hydroxyl groups is 1. The summed E-state index contributed by atoms with van der Waals surface area (Å²) in [5.74, 6) is 0.0306. The minimum absolute atomic E-state index is 0.0306. The van der Waals surface area contributed by atoms with E-state index in [0.29, 0.717) is 0 Å². The Bertz CT molecular complexity index is 196. The third kappa shape index (κ3) is 1.84. The Labute approximate surface area is 79.1 Å². The average Bonchev–Trinajstić information content (AvgIpc) is 2.13. The Morgan fingerprint density at radius 2 is 2.23 bits per heavy atom. The molecule has 1 N–H and O–H groups in total. The van der Waals surface area contributed by atoms with Gasteiger partial charge in [-0.15, -0.1) is 0 Å². The van der Waals surface area contributed by atoms with E-state index < -0.39 is 0 Å². The van der Waals surface area contributed by atoms with Crippen molar-refractivity contribution in [1.29, 1.82) is 0 Å². The van der Waals surface area contributed by atoms with Crippen LogP contribution in [0.15, 0.2) is 0 Å². The van der Waals surface area contributed by atoms with Gasteiger partial charge in [-0.1, -0.05) is 6.92 Å². The molecule has 76 valence electrons. The molecule has 0 aromatic carbocycles. The molecule has 1 aliphatic heterocycles. The standard InChI is InChI=1S/C9H18N2O2/c1-4-11-5-7(2)10(3)9(13)8(11)6-12/h7-8,12H,4-6H2,1-3H3. The molecule has 0 spiro atoms. The molecule has 2 unspecified atom stereocenters. The molecule has 0 radical (unpaired) electrons. The predicted octanol–water partition coefficient (Wildman–Crippen LogP) is -0.470. The van der Waals surface area contributed by atoms with Crippen LogP contribution in [0.5, 0.6) is 0 Å². The van der Waals surface area contributed by atoms with Crippen molar-refractivity contribution in [2.24, 2.45) is 0 Å². The van der Waals surface area contributed by atoms with E-state index in [2.05, 4.69) is 0 Å². The maximum atomic E-state index is 11.7. The fourth-order valence-corrected chi connectivity index (χ4v) is 1.74. The van der Waals surface area contributed by atoms with Gasteiger partial charge in [-0.25, -0.2) is 0 Å². The molecular weight excluding hydrogens is 168 g/mol. The Balaban J connectivity index is 2.75. The molecule has 1 saturated heterocycles. The van der Waals surface area contributed by atoms with E-state index in [4.69, 9.17) is 5.11 Å². The van der Waals surface area contributed by atoms with Crippen LogP contribution in [-0.2, 0) is 4.79 Å². The molecule has 4 heteroatoms. The lowest BCUT2D eigenvalue weighted by molar-refractivity contribution is -0.145. The van der Waals surface area contributed by atoms with Crippen molar-refractivity contribution in [3.8, 4) is 0 Å². The van der Waals surface area contributed by atoms with Crippen molar-refractivity contribution >= 4 is 5.91 Å². The van der Waals surface area contributed by atoms with Crippen LogP contribution >= 0.6 is 0 Å². The van der Waals surface area contributed by atoms with Crippen LogP contribution in [0.3, 0.4) is 0 Å². The highest BCUT2D eigenvalue weighted by Gasteiger charge is 2.35. The smallest absolute Gasteiger partial charge is 0.242 e. The van der Waals surface area contributed by atoms with E-state index in [1.807, 2.05) is 18.7 Å². The van der Waals surface area contributed by atoms with Gasteiger partial charge in [0.25, 0.3) is 0 Å². The molecule has 13 heavy (non-hydrogen) atoms. The lowest BCUT2D eigenvalue weighted by atomic mass is 10.1. The minimum atomic E-state index is -0.328. The highest BCUT2D eigenvalue weighted by atomic mass is 16.3. The number of amides is 1. The molecule has 1 heterocycles. The number of likely N-dealkylation sites (N-methyl/N-ethyl adjacent to an activating group) is 2. The molecule has 1 aliphatic rings. The van der Waals surface area contributed by atoms with Gasteiger partial charge in [-0.05, 0) is 13.5 Å². The Kier molecular flexibility index (Phi) is 3.27. The first-order chi connectivity index (χ1) is 6.11. The lowest BCUT2D eigenvalue weighted by Crippen LogP contribution is -2.60. The average molecular weight is 186 g/mol. The van der Waals surface area contributed by atoms with E-state index in [1.165, 1.54) is 0 Å². The summed E-state index contributed by atoms with van der Waals surface area (Å²) < 4.78 is 0. The number of hydrogen-bond donors (Lipinski definition) is 1. The summed E-state index contributed by atoms with van der Waals surface area (Å²) in [5.41, 5.74) is 0. The van der Waals surface area contributed by atoms with Crippen molar-refractivity contribution in [2.75, 3.05) is 26.7 Å². The second-order valence-corrected chi connectivity index (χ2v) is 3.58. The van der Waals surface area contributed by atoms with Crippen molar-refractivity contribution in [1.82, 2.24) is 9.80 Å². The zero-order valence-electron chi connectivity index (χ0n) is 8.53. The molecule has 0 aliphatic carbocycles. The van der Waals surface area contributed by atoms with Gasteiger partial charge in [-0.2, -0.15) is 0 Å². The highest BCUT2D eigenvalue weighted by molar-refractivity contribution is 5.82. The molecule has 1 rings (SSSR count). The van der Waals surface area contributed by atoms with Crippen LogP contribution in [0.1, 0.15) is 13.8 Å². The fourth-order valence-electron chi connectivity index (χ4n) is 1.74. The quantitative estimate of drug-likeness (QED) is 0.634. The first-order valence-electron chi connectivity index (χ1n) is 4.73. The van der Waals surface area contributed by atoms with Gasteiger partial charge in [0.15, 0.2) is 0 Å². The zero-order valence-corrected chi connectivity index (χ0v) is 8.53. The predicted molar refractivity (Wildman–Crippen MR) is 50.4 cm³/mol. The van der Waals surface area contributed by atoms with Gasteiger partial charge < -0.3 is 10.0 Å². The van der Waals surface area contributed by atoms with E-state index in [1.54, 1.807) is 11.9 Å². The summed E-state index contributed by atoms with van der Waals surface area (Å²) >= 11 is 0. The van der Waals surface area contributed by atoms with Crippen molar-refractivity contribution < 1.29 is 9.90 Å². The number of hydrogen-bond acceptors (Lipinski definition) is 3. The van der Waals surface area contributed by atoms with E-state index in [-0.39, 0.29) is 24.6 Å². The van der Waals surface area contributed by atoms with E-state index in [0.717, 1.165) is 13.1 Å². The number of nitrogens with zero attached hydrogens (tertiary/aromatic N) is 2.